The maximum atomic E-state index is 12.4. The van der Waals surface area contributed by atoms with Crippen molar-refractivity contribution in [1.29, 1.82) is 0 Å². The second-order valence-electron chi connectivity index (χ2n) is 4.29. The number of halogens is 3. The molecule has 0 unspecified atom stereocenters. The lowest BCUT2D eigenvalue weighted by Crippen LogP contribution is -2.05. The molecule has 2 nitrogen and oxygen atoms in total. The number of carbonyl (C=O) groups excluding carboxylic acids is 1. The molecule has 1 rings (SSSR count). The number of ketones is 1. The molecule has 0 fully saturated rings. The molecule has 0 radical (unpaired) electrons. The molecule has 0 amide bonds. The lowest BCUT2D eigenvalue weighted by atomic mass is 10.2. The van der Waals surface area contributed by atoms with E-state index in [0.717, 1.165) is 24.3 Å². The minimum absolute atomic E-state index is 0.0913. The van der Waals surface area contributed by atoms with Gasteiger partial charge in [-0.2, -0.15) is 13.2 Å². The van der Waals surface area contributed by atoms with E-state index >= 15 is 0 Å². The summed E-state index contributed by atoms with van der Waals surface area (Å²) in [6.07, 6.45) is -0.441. The van der Waals surface area contributed by atoms with Gasteiger partial charge in [-0.15, -0.1) is 11.8 Å². The van der Waals surface area contributed by atoms with Crippen LogP contribution in [0.2, 0.25) is 0 Å². The third-order valence-corrected chi connectivity index (χ3v) is 3.65. The van der Waals surface area contributed by atoms with Crippen LogP contribution in [0.5, 0.6) is 0 Å². The van der Waals surface area contributed by atoms with Gasteiger partial charge in [-0.1, -0.05) is 18.6 Å². The first kappa shape index (κ1) is 16.8. The molecule has 6 heteroatoms. The molecule has 0 aliphatic rings. The minimum Gasteiger partial charge on any atom is -0.300 e. The highest BCUT2D eigenvalue weighted by atomic mass is 32.2. The van der Waals surface area contributed by atoms with Crippen LogP contribution >= 0.6 is 11.8 Å². The fourth-order valence-electron chi connectivity index (χ4n) is 1.39. The van der Waals surface area contributed by atoms with Crippen molar-refractivity contribution in [3.8, 4) is 0 Å². The molecular formula is C14H16F3NOS. The number of alkyl halides is 3. The van der Waals surface area contributed by atoms with Gasteiger partial charge in [0.1, 0.15) is 5.78 Å². The number of hydrogen-bond donors (Lipinski definition) is 0. The topological polar surface area (TPSA) is 30.0 Å². The van der Waals surface area contributed by atoms with E-state index in [1.807, 2.05) is 13.0 Å². The number of hydrogen-bond acceptors (Lipinski definition) is 3. The number of rotatable bonds is 6. The van der Waals surface area contributed by atoms with Crippen LogP contribution in [0.4, 0.5) is 13.2 Å². The lowest BCUT2D eigenvalue weighted by Gasteiger charge is -2.07. The number of carbonyl (C=O) groups is 1. The van der Waals surface area contributed by atoms with Crippen LogP contribution in [0.25, 0.3) is 0 Å². The summed E-state index contributed by atoms with van der Waals surface area (Å²) in [6, 6.07) is 2.39. The number of aromatic nitrogens is 1. The first-order valence-electron chi connectivity index (χ1n) is 6.16. The van der Waals surface area contributed by atoms with Crippen molar-refractivity contribution < 1.29 is 18.0 Å². The van der Waals surface area contributed by atoms with E-state index < -0.39 is 11.7 Å². The van der Waals surface area contributed by atoms with Gasteiger partial charge in [0.25, 0.3) is 0 Å². The molecule has 0 saturated carbocycles. The highest BCUT2D eigenvalue weighted by Crippen LogP contribution is 2.29. The summed E-state index contributed by atoms with van der Waals surface area (Å²) >= 11 is 1.37. The molecule has 0 bridgehead atoms. The summed E-state index contributed by atoms with van der Waals surface area (Å²) in [7, 11) is 0. The van der Waals surface area contributed by atoms with Crippen molar-refractivity contribution in [3.05, 3.63) is 35.5 Å². The zero-order valence-corrected chi connectivity index (χ0v) is 12.1. The van der Waals surface area contributed by atoms with E-state index in [1.165, 1.54) is 24.8 Å². The van der Waals surface area contributed by atoms with Crippen LogP contribution in [-0.2, 0) is 11.0 Å². The number of Topliss-reactive ketones (excluding diaryl/α,β-unsaturated/α-hetero) is 1. The monoisotopic (exact) mass is 303 g/mol. The van der Waals surface area contributed by atoms with Crippen molar-refractivity contribution in [2.45, 2.75) is 37.9 Å². The molecule has 0 aliphatic heterocycles. The van der Waals surface area contributed by atoms with Crippen LogP contribution in [0.3, 0.4) is 0 Å². The predicted octanol–water partition coefficient (Wildman–Crippen LogP) is 4.51. The highest BCUT2D eigenvalue weighted by molar-refractivity contribution is 7.99. The third-order valence-electron chi connectivity index (χ3n) is 2.60. The van der Waals surface area contributed by atoms with Crippen molar-refractivity contribution >= 4 is 17.5 Å². The van der Waals surface area contributed by atoms with Crippen molar-refractivity contribution in [2.24, 2.45) is 0 Å². The Morgan fingerprint density at radius 1 is 1.40 bits per heavy atom. The third kappa shape index (κ3) is 5.77. The maximum absolute atomic E-state index is 12.4. The van der Waals surface area contributed by atoms with Gasteiger partial charge in [-0.05, 0) is 25.5 Å². The summed E-state index contributed by atoms with van der Waals surface area (Å²) in [4.78, 5) is 14.7. The Hall–Kier alpha value is -1.30. The van der Waals surface area contributed by atoms with Gasteiger partial charge in [-0.25, -0.2) is 4.98 Å². The SMILES string of the molecule is CC/C(=C\CC(C)=O)CSc1ccc(C(F)(F)F)cn1. The van der Waals surface area contributed by atoms with Gasteiger partial charge in [0.05, 0.1) is 10.6 Å². The molecule has 0 atom stereocenters. The molecule has 1 heterocycles. The Morgan fingerprint density at radius 3 is 2.55 bits per heavy atom. The number of thioether (sulfide) groups is 1. The first-order valence-corrected chi connectivity index (χ1v) is 7.15. The smallest absolute Gasteiger partial charge is 0.300 e. The molecule has 0 spiro atoms. The van der Waals surface area contributed by atoms with E-state index in [0.29, 0.717) is 17.2 Å². The second-order valence-corrected chi connectivity index (χ2v) is 5.29. The Balaban J connectivity index is 2.61. The molecular weight excluding hydrogens is 287 g/mol. The Morgan fingerprint density at radius 2 is 2.10 bits per heavy atom. The van der Waals surface area contributed by atoms with E-state index in [2.05, 4.69) is 4.98 Å². The van der Waals surface area contributed by atoms with Crippen LogP contribution in [-0.4, -0.2) is 16.5 Å². The van der Waals surface area contributed by atoms with E-state index in [1.54, 1.807) is 0 Å². The number of allylic oxidation sites excluding steroid dienone is 1. The fraction of sp³-hybridized carbons (Fsp3) is 0.429. The summed E-state index contributed by atoms with van der Waals surface area (Å²) in [6.45, 7) is 3.50. The van der Waals surface area contributed by atoms with Gasteiger partial charge in [-0.3, -0.25) is 4.79 Å². The fourth-order valence-corrected chi connectivity index (χ4v) is 2.34. The molecule has 0 saturated heterocycles. The Kier molecular flexibility index (Phi) is 6.26. The van der Waals surface area contributed by atoms with Crippen molar-refractivity contribution in [3.63, 3.8) is 0 Å². The van der Waals surface area contributed by atoms with Gasteiger partial charge in [0, 0.05) is 18.4 Å². The highest BCUT2D eigenvalue weighted by Gasteiger charge is 2.30. The molecule has 110 valence electrons. The normalized spacial score (nSPS) is 12.6. The van der Waals surface area contributed by atoms with Gasteiger partial charge in [0.2, 0.25) is 0 Å². The molecule has 0 aromatic carbocycles. The van der Waals surface area contributed by atoms with E-state index in [4.69, 9.17) is 0 Å². The zero-order chi connectivity index (χ0) is 15.2. The summed E-state index contributed by atoms with van der Waals surface area (Å²) < 4.78 is 37.1. The minimum atomic E-state index is -4.35. The standard InChI is InChI=1S/C14H16F3NOS/c1-3-11(5-4-10(2)19)9-20-13-7-6-12(8-18-13)14(15,16)17/h5-8H,3-4,9H2,1-2H3/b11-5+. The Bertz CT molecular complexity index is 480. The second kappa shape index (κ2) is 7.47. The largest absolute Gasteiger partial charge is 0.417 e. The van der Waals surface area contributed by atoms with Crippen LogP contribution in [0.15, 0.2) is 35.0 Å². The van der Waals surface area contributed by atoms with Crippen molar-refractivity contribution in [2.75, 3.05) is 5.75 Å². The van der Waals surface area contributed by atoms with Gasteiger partial charge >= 0.3 is 6.18 Å². The zero-order valence-electron chi connectivity index (χ0n) is 11.3. The summed E-state index contributed by atoms with van der Waals surface area (Å²) in [5.74, 6) is 0.718. The van der Waals surface area contributed by atoms with Gasteiger partial charge in [0.15, 0.2) is 0 Å². The van der Waals surface area contributed by atoms with Crippen LogP contribution in [0.1, 0.15) is 32.3 Å². The van der Waals surface area contributed by atoms with Gasteiger partial charge < -0.3 is 0 Å². The summed E-state index contributed by atoms with van der Waals surface area (Å²) in [5.41, 5.74) is 0.344. The lowest BCUT2D eigenvalue weighted by molar-refractivity contribution is -0.137. The van der Waals surface area contributed by atoms with Crippen LogP contribution in [0, 0.1) is 0 Å². The van der Waals surface area contributed by atoms with E-state index in [9.17, 15) is 18.0 Å². The molecule has 20 heavy (non-hydrogen) atoms. The van der Waals surface area contributed by atoms with Crippen LogP contribution < -0.4 is 0 Å². The molecule has 0 N–H and O–H groups in total. The molecule has 1 aromatic heterocycles. The predicted molar refractivity (Wildman–Crippen MR) is 73.6 cm³/mol. The first-order chi connectivity index (χ1) is 9.32. The number of pyridine rings is 1. The number of nitrogens with zero attached hydrogens (tertiary/aromatic N) is 1. The quantitative estimate of drug-likeness (QED) is 0.572. The van der Waals surface area contributed by atoms with Crippen molar-refractivity contribution in [1.82, 2.24) is 4.98 Å². The van der Waals surface area contributed by atoms with E-state index in [-0.39, 0.29) is 5.78 Å². The molecule has 1 aromatic rings. The maximum Gasteiger partial charge on any atom is 0.417 e. The summed E-state index contributed by atoms with van der Waals surface area (Å²) in [5, 5.41) is 0.542. The average Bonchev–Trinajstić information content (AvgIpc) is 2.38. The molecule has 0 aliphatic carbocycles. The average molecular weight is 303 g/mol. The Labute approximate surface area is 120 Å².